The number of benzene rings is 3. The van der Waals surface area contributed by atoms with E-state index in [0.29, 0.717) is 16.3 Å². The molecule has 1 aliphatic rings. The number of aromatic nitrogens is 1. The van der Waals surface area contributed by atoms with E-state index in [-0.39, 0.29) is 11.3 Å². The Balaban J connectivity index is 1.52. The number of aliphatic hydroxyl groups excluding tert-OH is 1. The summed E-state index contributed by atoms with van der Waals surface area (Å²) in [6, 6.07) is 19.7. The quantitative estimate of drug-likeness (QED) is 0.279. The Labute approximate surface area is 211 Å². The number of aryl methyl sites for hydroxylation is 3. The largest absolute Gasteiger partial charge is 0.503 e. The summed E-state index contributed by atoms with van der Waals surface area (Å²) < 4.78 is 6.75. The van der Waals surface area contributed by atoms with Gasteiger partial charge in [-0.1, -0.05) is 65.4 Å². The van der Waals surface area contributed by atoms with Crippen LogP contribution in [-0.4, -0.2) is 21.8 Å². The highest BCUT2D eigenvalue weighted by Crippen LogP contribution is 2.45. The van der Waals surface area contributed by atoms with Gasteiger partial charge in [-0.15, -0.1) is 0 Å². The first-order valence-electron chi connectivity index (χ1n) is 11.6. The maximum absolute atomic E-state index is 13.8. The van der Waals surface area contributed by atoms with Gasteiger partial charge in [-0.3, -0.25) is 14.5 Å². The fourth-order valence-electron chi connectivity index (χ4n) is 4.79. The Bertz CT molecular complexity index is 1690. The molecule has 0 spiro atoms. The van der Waals surface area contributed by atoms with Crippen molar-refractivity contribution < 1.29 is 19.1 Å². The third-order valence-corrected chi connectivity index (χ3v) is 7.52. The first kappa shape index (κ1) is 22.2. The van der Waals surface area contributed by atoms with Crippen molar-refractivity contribution in [1.82, 2.24) is 4.98 Å². The lowest BCUT2D eigenvalue weighted by Crippen LogP contribution is -2.30. The summed E-state index contributed by atoms with van der Waals surface area (Å²) in [5.74, 6) is -1.70. The van der Waals surface area contributed by atoms with E-state index in [2.05, 4.69) is 0 Å². The molecule has 0 fully saturated rings. The van der Waals surface area contributed by atoms with Crippen molar-refractivity contribution in [2.75, 3.05) is 4.90 Å². The number of hydrogen-bond acceptors (Lipinski definition) is 6. The molecule has 178 valence electrons. The highest BCUT2D eigenvalue weighted by atomic mass is 32.1. The van der Waals surface area contributed by atoms with E-state index in [0.717, 1.165) is 32.3 Å². The maximum Gasteiger partial charge on any atom is 0.296 e. The summed E-state index contributed by atoms with van der Waals surface area (Å²) >= 11 is 1.37. The molecule has 7 heteroatoms. The van der Waals surface area contributed by atoms with E-state index in [9.17, 15) is 14.7 Å². The van der Waals surface area contributed by atoms with E-state index < -0.39 is 23.5 Å². The molecule has 0 unspecified atom stereocenters. The SMILES string of the molecule is Cc1ccc([C@@H]2C(C(=O)c3cc4ccccc4o3)=C(O)C(=O)N2c2nc3c(C)cc(C)cc3s2)cc1. The average molecular weight is 495 g/mol. The number of rotatable bonds is 4. The van der Waals surface area contributed by atoms with Gasteiger partial charge in [-0.25, -0.2) is 4.98 Å². The lowest BCUT2D eigenvalue weighted by atomic mass is 9.94. The summed E-state index contributed by atoms with van der Waals surface area (Å²) in [6.45, 7) is 5.96. The first-order chi connectivity index (χ1) is 17.3. The molecule has 2 aromatic heterocycles. The van der Waals surface area contributed by atoms with Gasteiger partial charge in [0.2, 0.25) is 5.78 Å². The van der Waals surface area contributed by atoms with Crippen molar-refractivity contribution in [3.05, 3.63) is 106 Å². The van der Waals surface area contributed by atoms with Gasteiger partial charge in [0, 0.05) is 5.39 Å². The lowest BCUT2D eigenvalue weighted by Gasteiger charge is -2.24. The zero-order chi connectivity index (χ0) is 25.1. The predicted octanol–water partition coefficient (Wildman–Crippen LogP) is 6.75. The van der Waals surface area contributed by atoms with E-state index in [1.165, 1.54) is 16.2 Å². The standard InChI is InChI=1S/C29H22N2O4S/c1-15-8-10-18(11-9-15)25-23(26(32)21-14-19-6-4-5-7-20(19)35-21)27(33)28(34)31(25)29-30-24-17(3)12-16(2)13-22(24)36-29/h4-14,25,33H,1-3H3/t25-/m1/s1. The summed E-state index contributed by atoms with van der Waals surface area (Å²) in [5.41, 5.74) is 5.18. The minimum atomic E-state index is -0.847. The molecule has 3 heterocycles. The second kappa shape index (κ2) is 8.17. The van der Waals surface area contributed by atoms with E-state index in [1.807, 2.05) is 75.4 Å². The number of anilines is 1. The van der Waals surface area contributed by atoms with Crippen LogP contribution < -0.4 is 4.90 Å². The van der Waals surface area contributed by atoms with Crippen LogP contribution in [0.25, 0.3) is 21.2 Å². The highest BCUT2D eigenvalue weighted by Gasteiger charge is 2.46. The molecule has 0 saturated heterocycles. The molecule has 0 bridgehead atoms. The Morgan fingerprint density at radius 2 is 1.75 bits per heavy atom. The topological polar surface area (TPSA) is 83.6 Å². The second-order valence-electron chi connectivity index (χ2n) is 9.15. The van der Waals surface area contributed by atoms with Crippen LogP contribution in [0.4, 0.5) is 5.13 Å². The molecule has 0 aliphatic carbocycles. The van der Waals surface area contributed by atoms with Crippen LogP contribution in [0.1, 0.15) is 38.9 Å². The molecule has 5 aromatic rings. The van der Waals surface area contributed by atoms with Gasteiger partial charge in [0.05, 0.1) is 21.8 Å². The summed E-state index contributed by atoms with van der Waals surface area (Å²) in [6.07, 6.45) is 0. The van der Waals surface area contributed by atoms with Gasteiger partial charge in [0.15, 0.2) is 16.7 Å². The van der Waals surface area contributed by atoms with E-state index in [4.69, 9.17) is 9.40 Å². The first-order valence-corrected chi connectivity index (χ1v) is 12.4. The van der Waals surface area contributed by atoms with Crippen LogP contribution in [0.2, 0.25) is 0 Å². The third kappa shape index (κ3) is 3.43. The minimum absolute atomic E-state index is 0.0185. The Morgan fingerprint density at radius 1 is 1.00 bits per heavy atom. The number of para-hydroxylation sites is 1. The van der Waals surface area contributed by atoms with Crippen LogP contribution >= 0.6 is 11.3 Å². The number of furan rings is 1. The van der Waals surface area contributed by atoms with Crippen LogP contribution in [0.15, 0.2) is 82.5 Å². The fraction of sp³-hybridized carbons (Fsp3) is 0.138. The third-order valence-electron chi connectivity index (χ3n) is 6.52. The number of hydrogen-bond donors (Lipinski definition) is 1. The number of fused-ring (bicyclic) bond motifs is 2. The molecule has 36 heavy (non-hydrogen) atoms. The number of nitrogens with zero attached hydrogens (tertiary/aromatic N) is 2. The number of thiazole rings is 1. The van der Waals surface area contributed by atoms with Crippen molar-refractivity contribution in [2.45, 2.75) is 26.8 Å². The number of ketones is 1. The summed E-state index contributed by atoms with van der Waals surface area (Å²) in [5, 5.41) is 12.3. The van der Waals surface area contributed by atoms with Crippen molar-refractivity contribution in [3.8, 4) is 0 Å². The van der Waals surface area contributed by atoms with Crippen molar-refractivity contribution in [2.24, 2.45) is 0 Å². The number of carbonyl (C=O) groups excluding carboxylic acids is 2. The minimum Gasteiger partial charge on any atom is -0.503 e. The Hall–Kier alpha value is -4.23. The molecular formula is C29H22N2O4S. The van der Waals surface area contributed by atoms with Crippen molar-refractivity contribution in [3.63, 3.8) is 0 Å². The maximum atomic E-state index is 13.8. The van der Waals surface area contributed by atoms with Gasteiger partial charge >= 0.3 is 0 Å². The van der Waals surface area contributed by atoms with Crippen molar-refractivity contribution >= 4 is 49.3 Å². The van der Waals surface area contributed by atoms with Crippen LogP contribution in [0, 0.1) is 20.8 Å². The molecule has 1 N–H and O–H groups in total. The number of amides is 1. The highest BCUT2D eigenvalue weighted by molar-refractivity contribution is 7.22. The Morgan fingerprint density at radius 3 is 2.50 bits per heavy atom. The van der Waals surface area contributed by atoms with Gasteiger partial charge in [0.1, 0.15) is 5.58 Å². The molecule has 1 aliphatic heterocycles. The molecule has 0 saturated carbocycles. The van der Waals surface area contributed by atoms with Crippen molar-refractivity contribution in [1.29, 1.82) is 0 Å². The predicted molar refractivity (Wildman–Crippen MR) is 141 cm³/mol. The summed E-state index contributed by atoms with van der Waals surface area (Å²) in [7, 11) is 0. The lowest BCUT2D eigenvalue weighted by molar-refractivity contribution is -0.117. The zero-order valence-corrected chi connectivity index (χ0v) is 20.7. The van der Waals surface area contributed by atoms with E-state index >= 15 is 0 Å². The number of Topliss-reactive ketones (excluding diaryl/α,β-unsaturated/α-hetero) is 1. The molecule has 6 nitrogen and oxygen atoms in total. The summed E-state index contributed by atoms with van der Waals surface area (Å²) in [4.78, 5) is 33.5. The fourth-order valence-corrected chi connectivity index (χ4v) is 5.96. The Kier molecular flexibility index (Phi) is 5.05. The normalized spacial score (nSPS) is 16.0. The molecule has 6 rings (SSSR count). The average Bonchev–Trinajstić information content (AvgIpc) is 3.54. The van der Waals surface area contributed by atoms with Crippen LogP contribution in [0.5, 0.6) is 0 Å². The monoisotopic (exact) mass is 494 g/mol. The number of aliphatic hydroxyl groups is 1. The zero-order valence-electron chi connectivity index (χ0n) is 19.9. The van der Waals surface area contributed by atoms with Crippen LogP contribution in [0.3, 0.4) is 0 Å². The van der Waals surface area contributed by atoms with Gasteiger partial charge < -0.3 is 9.52 Å². The van der Waals surface area contributed by atoms with E-state index in [1.54, 1.807) is 12.1 Å². The van der Waals surface area contributed by atoms with Gasteiger partial charge in [-0.2, -0.15) is 0 Å². The molecule has 3 aromatic carbocycles. The number of carbonyl (C=O) groups is 2. The van der Waals surface area contributed by atoms with Gasteiger partial charge in [-0.05, 0) is 55.7 Å². The molecule has 0 radical (unpaired) electrons. The van der Waals surface area contributed by atoms with Gasteiger partial charge in [0.25, 0.3) is 5.91 Å². The smallest absolute Gasteiger partial charge is 0.296 e. The second-order valence-corrected chi connectivity index (χ2v) is 10.2. The molecule has 1 amide bonds. The van der Waals surface area contributed by atoms with Crippen LogP contribution in [-0.2, 0) is 4.79 Å². The molecular weight excluding hydrogens is 472 g/mol. The molecule has 1 atom stereocenters.